The van der Waals surface area contributed by atoms with E-state index in [1.54, 1.807) is 19.2 Å². The minimum Gasteiger partial charge on any atom is -0.493 e. The fraction of sp³-hybridized carbons (Fsp3) is 0.182. The largest absolute Gasteiger partial charge is 0.493 e. The van der Waals surface area contributed by atoms with Crippen molar-refractivity contribution in [2.24, 2.45) is 0 Å². The Labute approximate surface area is 174 Å². The maximum absolute atomic E-state index is 13.0. The van der Waals surface area contributed by atoms with Gasteiger partial charge in [-0.05, 0) is 47.0 Å². The molecule has 0 unspecified atom stereocenters. The molecule has 0 amide bonds. The number of methoxy groups -OCH3 is 1. The van der Waals surface area contributed by atoms with Gasteiger partial charge in [-0.15, -0.1) is 0 Å². The van der Waals surface area contributed by atoms with Crippen molar-refractivity contribution in [1.29, 1.82) is 0 Å². The van der Waals surface area contributed by atoms with Crippen LogP contribution in [-0.2, 0) is 19.7 Å². The molecule has 0 aliphatic carbocycles. The van der Waals surface area contributed by atoms with Crippen molar-refractivity contribution >= 4 is 23.2 Å². The highest BCUT2D eigenvalue weighted by Crippen LogP contribution is 2.37. The first-order valence-electron chi connectivity index (χ1n) is 8.74. The molecule has 0 atom stereocenters. The van der Waals surface area contributed by atoms with Gasteiger partial charge in [-0.3, -0.25) is 0 Å². The van der Waals surface area contributed by atoms with Crippen LogP contribution in [0, 0.1) is 5.82 Å². The minimum absolute atomic E-state index is 0.264. The van der Waals surface area contributed by atoms with Gasteiger partial charge in [0.15, 0.2) is 11.5 Å². The van der Waals surface area contributed by atoms with E-state index in [0.717, 1.165) is 21.7 Å². The van der Waals surface area contributed by atoms with Crippen LogP contribution in [0.2, 0.25) is 10.0 Å². The van der Waals surface area contributed by atoms with Crippen LogP contribution in [0.5, 0.6) is 11.5 Å². The molecule has 0 aliphatic heterocycles. The summed E-state index contributed by atoms with van der Waals surface area (Å²) in [4.78, 5) is 0. The second kappa shape index (κ2) is 9.78. The molecule has 0 fully saturated rings. The zero-order valence-electron chi connectivity index (χ0n) is 15.3. The Kier molecular flexibility index (Phi) is 7.15. The number of hydrogen-bond acceptors (Lipinski definition) is 3. The number of hydrogen-bond donors (Lipinski definition) is 1. The van der Waals surface area contributed by atoms with Gasteiger partial charge >= 0.3 is 0 Å². The summed E-state index contributed by atoms with van der Waals surface area (Å²) in [6, 6.07) is 17.6. The third-order valence-electron chi connectivity index (χ3n) is 4.19. The third kappa shape index (κ3) is 5.38. The lowest BCUT2D eigenvalue weighted by atomic mass is 10.1. The van der Waals surface area contributed by atoms with E-state index in [2.05, 4.69) is 5.32 Å². The topological polar surface area (TPSA) is 30.5 Å². The first-order chi connectivity index (χ1) is 13.6. The van der Waals surface area contributed by atoms with Crippen molar-refractivity contribution in [2.45, 2.75) is 19.7 Å². The molecule has 0 aromatic heterocycles. The van der Waals surface area contributed by atoms with Crippen molar-refractivity contribution in [3.8, 4) is 11.5 Å². The van der Waals surface area contributed by atoms with Crippen molar-refractivity contribution in [3.05, 3.63) is 93.2 Å². The molecular formula is C22H20Cl2FNO2. The molecule has 0 bridgehead atoms. The van der Waals surface area contributed by atoms with E-state index in [4.69, 9.17) is 32.7 Å². The number of rotatable bonds is 8. The fourth-order valence-corrected chi connectivity index (χ4v) is 3.23. The van der Waals surface area contributed by atoms with E-state index in [9.17, 15) is 4.39 Å². The molecule has 3 rings (SSSR count). The molecule has 0 radical (unpaired) electrons. The Balaban J connectivity index is 1.65. The first-order valence-corrected chi connectivity index (χ1v) is 9.50. The highest BCUT2D eigenvalue weighted by molar-refractivity contribution is 6.32. The van der Waals surface area contributed by atoms with Crippen molar-refractivity contribution in [1.82, 2.24) is 5.32 Å². The predicted octanol–water partition coefficient (Wildman–Crippen LogP) is 6.01. The van der Waals surface area contributed by atoms with E-state index < -0.39 is 0 Å². The fourth-order valence-electron chi connectivity index (χ4n) is 2.73. The Hall–Kier alpha value is -2.27. The van der Waals surface area contributed by atoms with Gasteiger partial charge in [-0.1, -0.05) is 53.5 Å². The van der Waals surface area contributed by atoms with Crippen molar-refractivity contribution in [3.63, 3.8) is 0 Å². The second-order valence-corrected chi connectivity index (χ2v) is 7.03. The van der Waals surface area contributed by atoms with E-state index in [1.165, 1.54) is 12.1 Å². The normalized spacial score (nSPS) is 10.7. The molecule has 0 saturated carbocycles. The number of benzene rings is 3. The highest BCUT2D eigenvalue weighted by Gasteiger charge is 2.12. The van der Waals surface area contributed by atoms with Gasteiger partial charge < -0.3 is 14.8 Å². The summed E-state index contributed by atoms with van der Waals surface area (Å²) in [5, 5.41) is 4.53. The molecule has 3 aromatic carbocycles. The second-order valence-electron chi connectivity index (χ2n) is 6.22. The quantitative estimate of drug-likeness (QED) is 0.484. The maximum atomic E-state index is 13.0. The van der Waals surface area contributed by atoms with E-state index in [0.29, 0.717) is 29.6 Å². The molecule has 3 nitrogen and oxygen atoms in total. The van der Waals surface area contributed by atoms with Crippen molar-refractivity contribution < 1.29 is 13.9 Å². The Bertz CT molecular complexity index is 932. The van der Waals surface area contributed by atoms with Crippen molar-refractivity contribution in [2.75, 3.05) is 7.11 Å². The van der Waals surface area contributed by atoms with Crippen LogP contribution < -0.4 is 14.8 Å². The Morgan fingerprint density at radius 3 is 2.36 bits per heavy atom. The van der Waals surface area contributed by atoms with Crippen LogP contribution in [-0.4, -0.2) is 7.11 Å². The average molecular weight is 420 g/mol. The van der Waals surface area contributed by atoms with E-state index in [-0.39, 0.29) is 12.4 Å². The third-order valence-corrected chi connectivity index (χ3v) is 4.84. The molecule has 3 aromatic rings. The monoisotopic (exact) mass is 419 g/mol. The maximum Gasteiger partial charge on any atom is 0.180 e. The van der Waals surface area contributed by atoms with Crippen LogP contribution in [0.3, 0.4) is 0 Å². The molecule has 28 heavy (non-hydrogen) atoms. The van der Waals surface area contributed by atoms with E-state index in [1.807, 2.05) is 36.4 Å². The van der Waals surface area contributed by atoms with Gasteiger partial charge in [0, 0.05) is 18.1 Å². The summed E-state index contributed by atoms with van der Waals surface area (Å²) in [5.41, 5.74) is 2.83. The molecular weight excluding hydrogens is 400 g/mol. The summed E-state index contributed by atoms with van der Waals surface area (Å²) in [6.07, 6.45) is 0. The summed E-state index contributed by atoms with van der Waals surface area (Å²) in [6.45, 7) is 1.50. The van der Waals surface area contributed by atoms with E-state index >= 15 is 0 Å². The highest BCUT2D eigenvalue weighted by atomic mass is 35.5. The van der Waals surface area contributed by atoms with Crippen LogP contribution in [0.25, 0.3) is 0 Å². The zero-order valence-corrected chi connectivity index (χ0v) is 16.9. The van der Waals surface area contributed by atoms with Gasteiger partial charge in [0.05, 0.1) is 12.1 Å². The van der Waals surface area contributed by atoms with Crippen LogP contribution in [0.15, 0.2) is 60.7 Å². The molecule has 0 aliphatic rings. The molecule has 0 spiro atoms. The van der Waals surface area contributed by atoms with Gasteiger partial charge in [0.2, 0.25) is 0 Å². The van der Waals surface area contributed by atoms with Gasteiger partial charge in [-0.2, -0.15) is 0 Å². The van der Waals surface area contributed by atoms with Gasteiger partial charge in [-0.25, -0.2) is 4.39 Å². The number of nitrogens with one attached hydrogen (secondary N) is 1. The molecule has 146 valence electrons. The summed E-state index contributed by atoms with van der Waals surface area (Å²) in [7, 11) is 1.57. The lowest BCUT2D eigenvalue weighted by molar-refractivity contribution is 0.284. The van der Waals surface area contributed by atoms with Gasteiger partial charge in [0.25, 0.3) is 0 Å². The summed E-state index contributed by atoms with van der Waals surface area (Å²) >= 11 is 12.6. The minimum atomic E-state index is -0.284. The first kappa shape index (κ1) is 20.5. The molecule has 0 heterocycles. The number of halogens is 3. The number of ether oxygens (including phenoxy) is 2. The SMILES string of the molecule is COc1cc(CNCc2ccccc2Cl)cc(Cl)c1OCc1ccc(F)cc1. The van der Waals surface area contributed by atoms with Crippen LogP contribution in [0.1, 0.15) is 16.7 Å². The lowest BCUT2D eigenvalue weighted by Gasteiger charge is -2.15. The Morgan fingerprint density at radius 2 is 1.64 bits per heavy atom. The molecule has 6 heteroatoms. The standard InChI is InChI=1S/C22H20Cl2FNO2/c1-27-21-11-16(12-26-13-17-4-2-3-5-19(17)23)10-20(24)22(21)28-14-15-6-8-18(25)9-7-15/h2-11,26H,12-14H2,1H3. The predicted molar refractivity (Wildman–Crippen MR) is 111 cm³/mol. The average Bonchev–Trinajstić information content (AvgIpc) is 2.69. The summed E-state index contributed by atoms with van der Waals surface area (Å²) < 4.78 is 24.3. The smallest absolute Gasteiger partial charge is 0.180 e. The molecule has 1 N–H and O–H groups in total. The van der Waals surface area contributed by atoms with Crippen LogP contribution in [0.4, 0.5) is 4.39 Å². The van der Waals surface area contributed by atoms with Gasteiger partial charge in [0.1, 0.15) is 12.4 Å². The van der Waals surface area contributed by atoms with Crippen LogP contribution >= 0.6 is 23.2 Å². The lowest BCUT2D eigenvalue weighted by Crippen LogP contribution is -2.13. The summed E-state index contributed by atoms with van der Waals surface area (Å²) in [5.74, 6) is 0.723. The molecule has 0 saturated heterocycles. The Morgan fingerprint density at radius 1 is 0.893 bits per heavy atom. The zero-order chi connectivity index (χ0) is 19.9.